The highest BCUT2D eigenvalue weighted by Gasteiger charge is 2.35. The molecule has 0 spiro atoms. The SMILES string of the molecule is CC[C@@H](C(=O)NC1CCCC1)N(CCc1ccccc1)C(=O)CN(c1ccccc1F)S(=O)(=O)N(C)C. The lowest BCUT2D eigenvalue weighted by Crippen LogP contribution is -2.55. The average Bonchev–Trinajstić information content (AvgIpc) is 3.38. The molecule has 0 aromatic heterocycles. The van der Waals surface area contributed by atoms with Crippen LogP contribution in [0.2, 0.25) is 0 Å². The first kappa shape index (κ1) is 28.6. The number of nitrogens with zero attached hydrogens (tertiary/aromatic N) is 3. The normalized spacial score (nSPS) is 14.9. The van der Waals surface area contributed by atoms with Crippen LogP contribution in [0.1, 0.15) is 44.6 Å². The van der Waals surface area contributed by atoms with Gasteiger partial charge >= 0.3 is 10.2 Å². The molecular weight excluding hydrogens is 495 g/mol. The Kier molecular flexibility index (Phi) is 10.0. The van der Waals surface area contributed by atoms with E-state index < -0.39 is 34.5 Å². The van der Waals surface area contributed by atoms with Gasteiger partial charge in [0.1, 0.15) is 18.4 Å². The first-order valence-electron chi connectivity index (χ1n) is 12.7. The number of anilines is 1. The summed E-state index contributed by atoms with van der Waals surface area (Å²) in [5, 5.41) is 3.07. The second-order valence-electron chi connectivity index (χ2n) is 9.48. The van der Waals surface area contributed by atoms with E-state index in [1.54, 1.807) is 0 Å². The van der Waals surface area contributed by atoms with Crippen LogP contribution in [0, 0.1) is 5.82 Å². The van der Waals surface area contributed by atoms with Gasteiger partial charge in [-0.05, 0) is 43.4 Å². The van der Waals surface area contributed by atoms with Crippen molar-refractivity contribution < 1.29 is 22.4 Å². The van der Waals surface area contributed by atoms with Crippen LogP contribution >= 0.6 is 0 Å². The van der Waals surface area contributed by atoms with Crippen molar-refractivity contribution in [2.75, 3.05) is 31.5 Å². The smallest absolute Gasteiger partial charge is 0.304 e. The van der Waals surface area contributed by atoms with Gasteiger partial charge in [0, 0.05) is 26.7 Å². The molecule has 0 aliphatic heterocycles. The number of carbonyl (C=O) groups is 2. The maximum absolute atomic E-state index is 14.7. The van der Waals surface area contributed by atoms with Gasteiger partial charge < -0.3 is 10.2 Å². The molecule has 2 aromatic carbocycles. The molecule has 8 nitrogen and oxygen atoms in total. The Morgan fingerprint density at radius 3 is 2.24 bits per heavy atom. The van der Waals surface area contributed by atoms with Crippen LogP contribution in [0.15, 0.2) is 54.6 Å². The van der Waals surface area contributed by atoms with Crippen LogP contribution in [-0.4, -0.2) is 68.7 Å². The highest BCUT2D eigenvalue weighted by atomic mass is 32.2. The molecule has 1 aliphatic rings. The van der Waals surface area contributed by atoms with Crippen LogP contribution < -0.4 is 9.62 Å². The summed E-state index contributed by atoms with van der Waals surface area (Å²) in [6, 6.07) is 14.3. The van der Waals surface area contributed by atoms with Crippen LogP contribution in [0.25, 0.3) is 0 Å². The summed E-state index contributed by atoms with van der Waals surface area (Å²) < 4.78 is 42.7. The molecule has 1 aliphatic carbocycles. The molecule has 10 heteroatoms. The Balaban J connectivity index is 1.92. The van der Waals surface area contributed by atoms with Crippen molar-refractivity contribution in [1.82, 2.24) is 14.5 Å². The minimum Gasteiger partial charge on any atom is -0.352 e. The summed E-state index contributed by atoms with van der Waals surface area (Å²) in [5.74, 6) is -1.58. The molecular formula is C27H37FN4O4S. The van der Waals surface area contributed by atoms with Crippen molar-refractivity contribution in [2.45, 2.75) is 57.5 Å². The Morgan fingerprint density at radius 1 is 1.03 bits per heavy atom. The minimum atomic E-state index is -4.20. The van der Waals surface area contributed by atoms with E-state index in [2.05, 4.69) is 5.32 Å². The van der Waals surface area contributed by atoms with Gasteiger partial charge in [0.2, 0.25) is 11.8 Å². The van der Waals surface area contributed by atoms with Gasteiger partial charge in [-0.2, -0.15) is 12.7 Å². The molecule has 1 saturated carbocycles. The minimum absolute atomic E-state index is 0.0802. The number of rotatable bonds is 12. The fourth-order valence-corrected chi connectivity index (χ4v) is 5.68. The second-order valence-corrected chi connectivity index (χ2v) is 11.6. The number of benzene rings is 2. The van der Waals surface area contributed by atoms with Crippen molar-refractivity contribution >= 4 is 27.7 Å². The van der Waals surface area contributed by atoms with Crippen LogP contribution in [0.5, 0.6) is 0 Å². The van der Waals surface area contributed by atoms with Gasteiger partial charge in [-0.25, -0.2) is 8.70 Å². The van der Waals surface area contributed by atoms with E-state index in [9.17, 15) is 22.4 Å². The molecule has 2 amide bonds. The molecule has 202 valence electrons. The number of hydrogen-bond donors (Lipinski definition) is 1. The highest BCUT2D eigenvalue weighted by molar-refractivity contribution is 7.90. The zero-order valence-corrected chi connectivity index (χ0v) is 22.6. The van der Waals surface area contributed by atoms with Gasteiger partial charge in [0.15, 0.2) is 0 Å². The highest BCUT2D eigenvalue weighted by Crippen LogP contribution is 2.24. The fraction of sp³-hybridized carbons (Fsp3) is 0.481. The van der Waals surface area contributed by atoms with E-state index in [0.717, 1.165) is 45.9 Å². The van der Waals surface area contributed by atoms with Crippen molar-refractivity contribution in [3.05, 3.63) is 66.0 Å². The van der Waals surface area contributed by atoms with E-state index in [4.69, 9.17) is 0 Å². The topological polar surface area (TPSA) is 90.0 Å². The molecule has 0 saturated heterocycles. The predicted octanol–water partition coefficient (Wildman–Crippen LogP) is 3.35. The zero-order valence-electron chi connectivity index (χ0n) is 21.8. The maximum Gasteiger partial charge on any atom is 0.304 e. The Labute approximate surface area is 219 Å². The summed E-state index contributed by atoms with van der Waals surface area (Å²) in [6.07, 6.45) is 4.76. The standard InChI is InChI=1S/C27H37FN4O4S/c1-4-24(27(34)29-22-14-8-9-15-22)31(19-18-21-12-6-5-7-13-21)26(33)20-32(37(35,36)30(2)3)25-17-11-10-16-23(25)28/h5-7,10-13,16-17,22,24H,4,8-9,14-15,18-20H2,1-3H3,(H,29,34)/t24-/m0/s1. The molecule has 1 atom stereocenters. The molecule has 0 heterocycles. The van der Waals surface area contributed by atoms with Gasteiger partial charge in [0.05, 0.1) is 5.69 Å². The lowest BCUT2D eigenvalue weighted by atomic mass is 10.1. The molecule has 37 heavy (non-hydrogen) atoms. The summed E-state index contributed by atoms with van der Waals surface area (Å²) in [6.45, 7) is 1.41. The third-order valence-electron chi connectivity index (χ3n) is 6.71. The van der Waals surface area contributed by atoms with E-state index in [1.165, 1.54) is 37.2 Å². The van der Waals surface area contributed by atoms with Crippen molar-refractivity contribution in [3.8, 4) is 0 Å². The van der Waals surface area contributed by atoms with Gasteiger partial charge in [-0.3, -0.25) is 9.59 Å². The predicted molar refractivity (Wildman–Crippen MR) is 143 cm³/mol. The van der Waals surface area contributed by atoms with E-state index in [1.807, 2.05) is 37.3 Å². The van der Waals surface area contributed by atoms with Crippen molar-refractivity contribution in [1.29, 1.82) is 0 Å². The largest absolute Gasteiger partial charge is 0.352 e. The first-order chi connectivity index (χ1) is 17.6. The summed E-state index contributed by atoms with van der Waals surface area (Å²) in [5.41, 5.74) is 0.759. The number of para-hydroxylation sites is 1. The molecule has 2 aromatic rings. The average molecular weight is 533 g/mol. The number of nitrogens with one attached hydrogen (secondary N) is 1. The molecule has 0 unspecified atom stereocenters. The summed E-state index contributed by atoms with van der Waals surface area (Å²) >= 11 is 0. The van der Waals surface area contributed by atoms with E-state index in [0.29, 0.717) is 12.8 Å². The molecule has 0 radical (unpaired) electrons. The third kappa shape index (κ3) is 7.29. The van der Waals surface area contributed by atoms with Gasteiger partial charge in [-0.1, -0.05) is 62.2 Å². The van der Waals surface area contributed by atoms with Gasteiger partial charge in [-0.15, -0.1) is 0 Å². The quantitative estimate of drug-likeness (QED) is 0.454. The first-order valence-corrected chi connectivity index (χ1v) is 14.1. The maximum atomic E-state index is 14.7. The number of halogens is 1. The Hall–Kier alpha value is -2.98. The zero-order chi connectivity index (χ0) is 27.0. The second kappa shape index (κ2) is 13.0. The lowest BCUT2D eigenvalue weighted by Gasteiger charge is -2.34. The van der Waals surface area contributed by atoms with Crippen LogP contribution in [-0.2, 0) is 26.2 Å². The summed E-state index contributed by atoms with van der Waals surface area (Å²) in [7, 11) is -1.55. The molecule has 3 rings (SSSR count). The molecule has 0 bridgehead atoms. The van der Waals surface area contributed by atoms with Crippen molar-refractivity contribution in [2.24, 2.45) is 0 Å². The number of carbonyl (C=O) groups excluding carboxylic acids is 2. The molecule has 1 fully saturated rings. The van der Waals surface area contributed by atoms with E-state index in [-0.39, 0.29) is 24.2 Å². The van der Waals surface area contributed by atoms with Crippen LogP contribution in [0.3, 0.4) is 0 Å². The van der Waals surface area contributed by atoms with E-state index >= 15 is 0 Å². The number of hydrogen-bond acceptors (Lipinski definition) is 4. The monoisotopic (exact) mass is 532 g/mol. The fourth-order valence-electron chi connectivity index (χ4n) is 4.62. The summed E-state index contributed by atoms with van der Waals surface area (Å²) in [4.78, 5) is 28.5. The third-order valence-corrected chi connectivity index (χ3v) is 8.52. The van der Waals surface area contributed by atoms with Crippen LogP contribution in [0.4, 0.5) is 10.1 Å². The Morgan fingerprint density at radius 2 is 1.65 bits per heavy atom. The van der Waals surface area contributed by atoms with Crippen molar-refractivity contribution in [3.63, 3.8) is 0 Å². The van der Waals surface area contributed by atoms with Gasteiger partial charge in [0.25, 0.3) is 0 Å². The lowest BCUT2D eigenvalue weighted by molar-refractivity contribution is -0.139. The Bertz CT molecular complexity index is 1150. The molecule has 1 N–H and O–H groups in total. The number of amides is 2.